The molecule has 0 saturated carbocycles. The van der Waals surface area contributed by atoms with E-state index in [9.17, 15) is 0 Å². The number of aliphatic imine (C=N–C) groups is 1. The fourth-order valence-electron chi connectivity index (χ4n) is 2.00. The molecule has 0 aromatic heterocycles. The number of fused-ring (bicyclic) bond motifs is 1. The predicted molar refractivity (Wildman–Crippen MR) is 81.5 cm³/mol. The second kappa shape index (κ2) is 5.06. The molecular formula is C16H15ClN2. The van der Waals surface area contributed by atoms with Crippen LogP contribution in [0.25, 0.3) is 0 Å². The van der Waals surface area contributed by atoms with Crippen LogP contribution in [-0.4, -0.2) is 18.2 Å². The van der Waals surface area contributed by atoms with Gasteiger partial charge in [0, 0.05) is 29.7 Å². The zero-order valence-electron chi connectivity index (χ0n) is 14.2. The van der Waals surface area contributed by atoms with Gasteiger partial charge in [-0.25, -0.2) is 0 Å². The van der Waals surface area contributed by atoms with Crippen molar-refractivity contribution in [3.63, 3.8) is 0 Å². The van der Waals surface area contributed by atoms with Crippen LogP contribution < -0.4 is 5.32 Å². The summed E-state index contributed by atoms with van der Waals surface area (Å²) >= 11 is 6.10. The molecule has 2 aromatic carbocycles. The smallest absolute Gasteiger partial charge is 0.0744 e. The van der Waals surface area contributed by atoms with Crippen molar-refractivity contribution in [2.45, 2.75) is 12.9 Å². The van der Waals surface area contributed by atoms with E-state index >= 15 is 0 Å². The molecule has 1 atom stereocenters. The number of rotatable bonds is 1. The van der Waals surface area contributed by atoms with Gasteiger partial charge in [-0.15, -0.1) is 0 Å². The molecule has 3 heteroatoms. The number of anilines is 1. The van der Waals surface area contributed by atoms with Crippen LogP contribution in [-0.2, 0) is 0 Å². The van der Waals surface area contributed by atoms with E-state index in [0.29, 0.717) is 22.0 Å². The fraction of sp³-hybridized carbons (Fsp3) is 0.188. The van der Waals surface area contributed by atoms with Gasteiger partial charge in [-0.3, -0.25) is 4.99 Å². The second-order valence-electron chi connectivity index (χ2n) is 4.21. The average molecular weight is 275 g/mol. The summed E-state index contributed by atoms with van der Waals surface area (Å²) in [5, 5.41) is 3.22. The molecule has 96 valence electrons. The maximum atomic E-state index is 8.38. The normalized spacial score (nSPS) is 27.5. The monoisotopic (exact) mass is 274 g/mol. The van der Waals surface area contributed by atoms with Gasteiger partial charge < -0.3 is 5.32 Å². The summed E-state index contributed by atoms with van der Waals surface area (Å²) < 4.78 is 32.4. The predicted octanol–water partition coefficient (Wildman–Crippen LogP) is 3.99. The number of nitrogens with one attached hydrogen (secondary N) is 1. The quantitative estimate of drug-likeness (QED) is 0.835. The van der Waals surface area contributed by atoms with E-state index in [0.717, 1.165) is 5.56 Å². The molecule has 1 unspecified atom stereocenters. The molecule has 1 aliphatic rings. The van der Waals surface area contributed by atoms with E-state index in [1.807, 2.05) is 30.3 Å². The van der Waals surface area contributed by atoms with Crippen LogP contribution >= 0.6 is 11.6 Å². The Morgan fingerprint density at radius 2 is 2.21 bits per heavy atom. The van der Waals surface area contributed by atoms with Gasteiger partial charge in [-0.05, 0) is 25.1 Å². The molecule has 0 saturated heterocycles. The summed E-state index contributed by atoms with van der Waals surface area (Å²) in [6.45, 7) is -2.70. The molecule has 1 aliphatic heterocycles. The van der Waals surface area contributed by atoms with Crippen molar-refractivity contribution < 1.29 is 5.48 Å². The highest BCUT2D eigenvalue weighted by Crippen LogP contribution is 2.26. The van der Waals surface area contributed by atoms with Crippen molar-refractivity contribution in [1.82, 2.24) is 0 Å². The van der Waals surface area contributed by atoms with Gasteiger partial charge in [0.05, 0.1) is 15.8 Å². The van der Waals surface area contributed by atoms with Crippen LogP contribution in [0, 0.1) is 0 Å². The zero-order chi connectivity index (χ0) is 16.7. The molecule has 1 N–H and O–H groups in total. The molecule has 2 aromatic rings. The van der Waals surface area contributed by atoms with Gasteiger partial charge in [0.25, 0.3) is 0 Å². The Hall–Kier alpha value is -1.80. The highest BCUT2D eigenvalue weighted by molar-refractivity contribution is 6.31. The fourth-order valence-corrected chi connectivity index (χ4v) is 2.17. The third-order valence-electron chi connectivity index (χ3n) is 2.87. The molecule has 3 rings (SSSR count). The van der Waals surface area contributed by atoms with Crippen molar-refractivity contribution in [3.8, 4) is 0 Å². The molecule has 0 aliphatic carbocycles. The minimum atomic E-state index is -2.19. The Balaban J connectivity index is 2.30. The minimum absolute atomic E-state index is 0.458. The van der Waals surface area contributed by atoms with E-state index in [-0.39, 0.29) is 0 Å². The Bertz CT molecular complexity index is 764. The maximum absolute atomic E-state index is 8.38. The number of hydrogen-bond acceptors (Lipinski definition) is 2. The topological polar surface area (TPSA) is 24.4 Å². The zero-order valence-corrected chi connectivity index (χ0v) is 10.9. The molecule has 19 heavy (non-hydrogen) atoms. The van der Waals surface area contributed by atoms with Gasteiger partial charge in [0.15, 0.2) is 0 Å². The number of benzodiazepines with no additional fused rings is 1. The molecule has 1 heterocycles. The second-order valence-corrected chi connectivity index (χ2v) is 4.65. The van der Waals surface area contributed by atoms with E-state index in [1.165, 1.54) is 0 Å². The SMILES string of the molecule is [2H]CC1([2H])N=C(c2ccccc2)c2cc(Cl)ccc2NC1([2H])[2H]. The number of nitrogens with zero attached hydrogens (tertiary/aromatic N) is 1. The Morgan fingerprint density at radius 1 is 1.37 bits per heavy atom. The van der Waals surface area contributed by atoms with Crippen LogP contribution in [0.5, 0.6) is 0 Å². The van der Waals surface area contributed by atoms with E-state index in [4.69, 9.17) is 17.1 Å². The van der Waals surface area contributed by atoms with E-state index in [1.54, 1.807) is 18.2 Å². The van der Waals surface area contributed by atoms with Crippen LogP contribution in [0.2, 0.25) is 5.02 Å². The molecule has 0 radical (unpaired) electrons. The van der Waals surface area contributed by atoms with Gasteiger partial charge in [-0.2, -0.15) is 0 Å². The van der Waals surface area contributed by atoms with Crippen LogP contribution in [0.15, 0.2) is 53.5 Å². The number of hydrogen-bond donors (Lipinski definition) is 1. The summed E-state index contributed by atoms with van der Waals surface area (Å²) in [7, 11) is 0. The van der Waals surface area contributed by atoms with Crippen LogP contribution in [0.1, 0.15) is 23.5 Å². The highest BCUT2D eigenvalue weighted by Gasteiger charge is 2.17. The molecular weight excluding hydrogens is 256 g/mol. The van der Waals surface area contributed by atoms with E-state index < -0.39 is 19.4 Å². The summed E-state index contributed by atoms with van der Waals surface area (Å²) in [6.07, 6.45) is 0. The summed E-state index contributed by atoms with van der Waals surface area (Å²) in [5.41, 5.74) is 2.33. The van der Waals surface area contributed by atoms with Crippen molar-refractivity contribution in [2.24, 2.45) is 4.99 Å². The molecule has 2 nitrogen and oxygen atoms in total. The largest absolute Gasteiger partial charge is 0.382 e. The maximum Gasteiger partial charge on any atom is 0.0744 e. The van der Waals surface area contributed by atoms with E-state index in [2.05, 4.69) is 10.3 Å². The standard InChI is InChI=1S/C16H15ClN2/c1-11-10-18-15-8-7-13(17)9-14(15)16(19-11)12-5-3-2-4-6-12/h2-9,11,18H,10H2,1H3/i1D,10D2,11D. The molecule has 0 spiro atoms. The van der Waals surface area contributed by atoms with Crippen molar-refractivity contribution in [2.75, 3.05) is 11.8 Å². The lowest BCUT2D eigenvalue weighted by Gasteiger charge is -2.10. The lowest BCUT2D eigenvalue weighted by molar-refractivity contribution is 0.788. The first-order valence-electron chi connectivity index (χ1n) is 8.10. The molecule has 0 bridgehead atoms. The molecule has 0 fully saturated rings. The Kier molecular flexibility index (Phi) is 2.23. The lowest BCUT2D eigenvalue weighted by atomic mass is 10.0. The number of benzene rings is 2. The first-order chi connectivity index (χ1) is 10.9. The van der Waals surface area contributed by atoms with Gasteiger partial charge >= 0.3 is 0 Å². The van der Waals surface area contributed by atoms with Crippen molar-refractivity contribution in [3.05, 3.63) is 64.7 Å². The third-order valence-corrected chi connectivity index (χ3v) is 3.11. The summed E-state index contributed by atoms with van der Waals surface area (Å²) in [5.74, 6) is 0. The Labute approximate surface area is 123 Å². The first-order valence-corrected chi connectivity index (χ1v) is 6.27. The Morgan fingerprint density at radius 3 is 3.00 bits per heavy atom. The summed E-state index contributed by atoms with van der Waals surface area (Å²) in [6, 6.07) is 12.3. The molecule has 0 amide bonds. The minimum Gasteiger partial charge on any atom is -0.382 e. The summed E-state index contributed by atoms with van der Waals surface area (Å²) in [4.78, 5) is 4.33. The van der Waals surface area contributed by atoms with Crippen LogP contribution in [0.3, 0.4) is 0 Å². The van der Waals surface area contributed by atoms with Crippen molar-refractivity contribution >= 4 is 23.0 Å². The van der Waals surface area contributed by atoms with Crippen molar-refractivity contribution in [1.29, 1.82) is 0 Å². The van der Waals surface area contributed by atoms with Crippen LogP contribution in [0.4, 0.5) is 5.69 Å². The van der Waals surface area contributed by atoms with Gasteiger partial charge in [0.2, 0.25) is 0 Å². The van der Waals surface area contributed by atoms with Gasteiger partial charge in [-0.1, -0.05) is 41.9 Å². The lowest BCUT2D eigenvalue weighted by Crippen LogP contribution is -2.12. The first kappa shape index (κ1) is 8.39. The average Bonchev–Trinajstić information content (AvgIpc) is 2.62. The highest BCUT2D eigenvalue weighted by atomic mass is 35.5. The number of halogens is 1. The van der Waals surface area contributed by atoms with Gasteiger partial charge in [0.1, 0.15) is 0 Å². The third kappa shape index (κ3) is 2.49.